The van der Waals surface area contributed by atoms with Gasteiger partial charge in [0.15, 0.2) is 0 Å². The van der Waals surface area contributed by atoms with Gasteiger partial charge in [0.05, 0.1) is 0 Å². The average Bonchev–Trinajstić information content (AvgIpc) is 2.54. The number of hydrogen-bond acceptors (Lipinski definition) is 2. The largest absolute Gasteiger partial charge is 0.328 e. The Balaban J connectivity index is 2.11. The summed E-state index contributed by atoms with van der Waals surface area (Å²) in [5.74, 6) is 0.612. The lowest BCUT2D eigenvalue weighted by Crippen LogP contribution is -2.14. The lowest BCUT2D eigenvalue weighted by molar-refractivity contribution is 0.662. The molecule has 0 amide bonds. The van der Waals surface area contributed by atoms with E-state index in [1.54, 1.807) is 0 Å². The second-order valence-electron chi connectivity index (χ2n) is 3.52. The van der Waals surface area contributed by atoms with Crippen LogP contribution < -0.4 is 5.73 Å². The third kappa shape index (κ3) is 1.48. The maximum absolute atomic E-state index is 5.83. The van der Waals surface area contributed by atoms with Gasteiger partial charge in [-0.3, -0.25) is 4.98 Å². The highest BCUT2D eigenvalue weighted by molar-refractivity contribution is 5.11. The molecule has 0 aliphatic heterocycles. The first-order valence-corrected chi connectivity index (χ1v) is 4.53. The van der Waals surface area contributed by atoms with Crippen molar-refractivity contribution in [3.63, 3.8) is 0 Å². The van der Waals surface area contributed by atoms with E-state index < -0.39 is 0 Å². The second kappa shape index (κ2) is 3.23. The Hall–Kier alpha value is -0.890. The van der Waals surface area contributed by atoms with E-state index in [0.717, 1.165) is 12.8 Å². The van der Waals surface area contributed by atoms with Crippen LogP contribution in [-0.2, 0) is 0 Å². The lowest BCUT2D eigenvalue weighted by Gasteiger charge is -2.07. The molecular formula is C10H14N2. The monoisotopic (exact) mass is 162 g/mol. The van der Waals surface area contributed by atoms with Crippen LogP contribution in [-0.4, -0.2) is 11.0 Å². The van der Waals surface area contributed by atoms with Crippen LogP contribution in [0.3, 0.4) is 0 Å². The molecule has 1 fully saturated rings. The van der Waals surface area contributed by atoms with Gasteiger partial charge < -0.3 is 5.73 Å². The van der Waals surface area contributed by atoms with E-state index in [9.17, 15) is 0 Å². The molecule has 0 aromatic carbocycles. The van der Waals surface area contributed by atoms with Crippen molar-refractivity contribution in [2.45, 2.75) is 31.2 Å². The maximum atomic E-state index is 5.83. The number of rotatable bonds is 1. The Kier molecular flexibility index (Phi) is 2.09. The van der Waals surface area contributed by atoms with Crippen LogP contribution in [0.4, 0.5) is 0 Å². The molecule has 1 aliphatic carbocycles. The highest BCUT2D eigenvalue weighted by Crippen LogP contribution is 2.31. The second-order valence-corrected chi connectivity index (χ2v) is 3.52. The Bertz CT molecular complexity index is 245. The van der Waals surface area contributed by atoms with Crippen molar-refractivity contribution in [2.75, 3.05) is 0 Å². The van der Waals surface area contributed by atoms with Gasteiger partial charge in [0.2, 0.25) is 0 Å². The zero-order valence-corrected chi connectivity index (χ0v) is 7.11. The fourth-order valence-corrected chi connectivity index (χ4v) is 1.90. The number of nitrogens with zero attached hydrogens (tertiary/aromatic N) is 1. The van der Waals surface area contributed by atoms with E-state index in [1.807, 2.05) is 18.3 Å². The number of nitrogens with two attached hydrogens (primary N) is 1. The molecule has 0 spiro atoms. The van der Waals surface area contributed by atoms with Crippen LogP contribution in [0.25, 0.3) is 0 Å². The van der Waals surface area contributed by atoms with Crippen molar-refractivity contribution in [1.82, 2.24) is 4.98 Å². The van der Waals surface area contributed by atoms with Gasteiger partial charge in [0.1, 0.15) is 0 Å². The van der Waals surface area contributed by atoms with Crippen LogP contribution in [0, 0.1) is 0 Å². The molecule has 0 saturated heterocycles. The standard InChI is InChI=1S/C10H14N2/c11-9-5-4-8(7-9)10-3-1-2-6-12-10/h1-3,6,8-9H,4-5,7,11H2/t8-,9-/m1/s1. The van der Waals surface area contributed by atoms with Crippen molar-refractivity contribution in [1.29, 1.82) is 0 Å². The first-order chi connectivity index (χ1) is 5.86. The van der Waals surface area contributed by atoms with Gasteiger partial charge in [-0.05, 0) is 31.4 Å². The summed E-state index contributed by atoms with van der Waals surface area (Å²) in [5.41, 5.74) is 7.05. The first-order valence-electron chi connectivity index (χ1n) is 4.53. The minimum atomic E-state index is 0.400. The third-order valence-electron chi connectivity index (χ3n) is 2.58. The first kappa shape index (κ1) is 7.74. The predicted molar refractivity (Wildman–Crippen MR) is 48.8 cm³/mol. The topological polar surface area (TPSA) is 38.9 Å². The summed E-state index contributed by atoms with van der Waals surface area (Å²) in [4.78, 5) is 4.34. The van der Waals surface area contributed by atoms with Gasteiger partial charge in [-0.25, -0.2) is 0 Å². The molecule has 2 heteroatoms. The molecule has 1 heterocycles. The molecule has 1 aromatic heterocycles. The van der Waals surface area contributed by atoms with Crippen molar-refractivity contribution >= 4 is 0 Å². The zero-order chi connectivity index (χ0) is 8.39. The smallest absolute Gasteiger partial charge is 0.0435 e. The molecule has 0 radical (unpaired) electrons. The molecule has 2 atom stereocenters. The highest BCUT2D eigenvalue weighted by atomic mass is 14.7. The molecule has 64 valence electrons. The normalized spacial score (nSPS) is 29.1. The molecule has 1 saturated carbocycles. The molecular weight excluding hydrogens is 148 g/mol. The van der Waals surface area contributed by atoms with E-state index in [0.29, 0.717) is 12.0 Å². The van der Waals surface area contributed by atoms with Crippen LogP contribution in [0.5, 0.6) is 0 Å². The van der Waals surface area contributed by atoms with Crippen molar-refractivity contribution in [2.24, 2.45) is 5.73 Å². The van der Waals surface area contributed by atoms with E-state index in [2.05, 4.69) is 11.1 Å². The summed E-state index contributed by atoms with van der Waals surface area (Å²) in [6, 6.07) is 6.50. The summed E-state index contributed by atoms with van der Waals surface area (Å²) in [7, 11) is 0. The van der Waals surface area contributed by atoms with Crippen molar-refractivity contribution in [3.05, 3.63) is 30.1 Å². The van der Waals surface area contributed by atoms with Crippen molar-refractivity contribution < 1.29 is 0 Å². The molecule has 2 N–H and O–H groups in total. The third-order valence-corrected chi connectivity index (χ3v) is 2.58. The van der Waals surface area contributed by atoms with Gasteiger partial charge >= 0.3 is 0 Å². The van der Waals surface area contributed by atoms with E-state index in [1.165, 1.54) is 12.1 Å². The van der Waals surface area contributed by atoms with Gasteiger partial charge in [-0.2, -0.15) is 0 Å². The lowest BCUT2D eigenvalue weighted by atomic mass is 10.0. The van der Waals surface area contributed by atoms with Gasteiger partial charge in [0, 0.05) is 23.9 Å². The number of aromatic nitrogens is 1. The molecule has 2 nitrogen and oxygen atoms in total. The Morgan fingerprint density at radius 3 is 2.83 bits per heavy atom. The fraction of sp³-hybridized carbons (Fsp3) is 0.500. The van der Waals surface area contributed by atoms with E-state index in [4.69, 9.17) is 5.73 Å². The quantitative estimate of drug-likeness (QED) is 0.682. The fourth-order valence-electron chi connectivity index (χ4n) is 1.90. The summed E-state index contributed by atoms with van der Waals surface area (Å²) in [6.45, 7) is 0. The van der Waals surface area contributed by atoms with Gasteiger partial charge in [0.25, 0.3) is 0 Å². The van der Waals surface area contributed by atoms with Crippen LogP contribution in [0.2, 0.25) is 0 Å². The summed E-state index contributed by atoms with van der Waals surface area (Å²) in [5, 5.41) is 0. The maximum Gasteiger partial charge on any atom is 0.0435 e. The summed E-state index contributed by atoms with van der Waals surface area (Å²) < 4.78 is 0. The molecule has 1 aromatic rings. The van der Waals surface area contributed by atoms with Gasteiger partial charge in [-0.15, -0.1) is 0 Å². The van der Waals surface area contributed by atoms with Crippen LogP contribution >= 0.6 is 0 Å². The minimum Gasteiger partial charge on any atom is -0.328 e. The molecule has 0 unspecified atom stereocenters. The van der Waals surface area contributed by atoms with Crippen LogP contribution in [0.1, 0.15) is 30.9 Å². The molecule has 0 bridgehead atoms. The predicted octanol–water partition coefficient (Wildman–Crippen LogP) is 1.68. The number of hydrogen-bond donors (Lipinski definition) is 1. The van der Waals surface area contributed by atoms with E-state index in [-0.39, 0.29) is 0 Å². The Labute approximate surface area is 72.8 Å². The number of pyridine rings is 1. The molecule has 12 heavy (non-hydrogen) atoms. The highest BCUT2D eigenvalue weighted by Gasteiger charge is 2.23. The SMILES string of the molecule is N[C@@H]1CC[C@@H](c2ccccn2)C1. The Morgan fingerprint density at radius 1 is 1.33 bits per heavy atom. The van der Waals surface area contributed by atoms with Crippen molar-refractivity contribution in [3.8, 4) is 0 Å². The van der Waals surface area contributed by atoms with E-state index >= 15 is 0 Å². The summed E-state index contributed by atoms with van der Waals surface area (Å²) in [6.07, 6.45) is 5.33. The average molecular weight is 162 g/mol. The Morgan fingerprint density at radius 2 is 2.25 bits per heavy atom. The van der Waals surface area contributed by atoms with Gasteiger partial charge in [-0.1, -0.05) is 6.07 Å². The summed E-state index contributed by atoms with van der Waals surface area (Å²) >= 11 is 0. The molecule has 1 aliphatic rings. The molecule has 2 rings (SSSR count). The minimum absolute atomic E-state index is 0.400. The zero-order valence-electron chi connectivity index (χ0n) is 7.11. The van der Waals surface area contributed by atoms with Crippen LogP contribution in [0.15, 0.2) is 24.4 Å².